The molecule has 2 N–H and O–H groups in total. The monoisotopic (exact) mass is 1770 g/mol. The number of nitrogens with zero attached hydrogens (tertiary/aromatic N) is 8. The average molecular weight is 1780 g/mol. The van der Waals surface area contributed by atoms with Crippen LogP contribution in [0.25, 0.3) is 43.6 Å². The molecule has 4 aliphatic rings. The highest BCUT2D eigenvalue weighted by molar-refractivity contribution is 9.10. The summed E-state index contributed by atoms with van der Waals surface area (Å²) >= 11 is 3.43. The number of ether oxygens (including phenoxy) is 6. The molecule has 0 bridgehead atoms. The number of aromatic hydroxyl groups is 1. The Morgan fingerprint density at radius 1 is 0.449 bits per heavy atom. The number of phenolic OH excluding ortho intramolecular Hbond substituents is 1. The Labute approximate surface area is 689 Å². The van der Waals surface area contributed by atoms with Crippen LogP contribution < -0.4 is 37.4 Å². The van der Waals surface area contributed by atoms with Gasteiger partial charge in [0.1, 0.15) is 36.2 Å². The first-order valence-corrected chi connectivity index (χ1v) is 40.8. The van der Waals surface area contributed by atoms with Crippen LogP contribution in [0.3, 0.4) is 0 Å². The second kappa shape index (κ2) is 42.7. The number of para-hydroxylation sites is 1. The normalized spacial score (nSPS) is 17.1. The van der Waals surface area contributed by atoms with Gasteiger partial charge in [0.05, 0.1) is 116 Å². The highest BCUT2D eigenvalue weighted by Crippen LogP contribution is 2.39. The summed E-state index contributed by atoms with van der Waals surface area (Å²) in [5.41, 5.74) is -10.6. The number of anilines is 4. The number of hydrogen-bond acceptors (Lipinski definition) is 22. The van der Waals surface area contributed by atoms with Gasteiger partial charge in [-0.05, 0) is 164 Å². The van der Waals surface area contributed by atoms with Crippen molar-refractivity contribution in [3.63, 3.8) is 0 Å². The number of pyridine rings is 4. The van der Waals surface area contributed by atoms with Gasteiger partial charge in [0.25, 0.3) is 0 Å². The van der Waals surface area contributed by atoms with Crippen LogP contribution >= 0.6 is 15.9 Å². The second-order valence-corrected chi connectivity index (χ2v) is 32.7. The number of sulfonamides is 2. The summed E-state index contributed by atoms with van der Waals surface area (Å²) in [7, 11) is -19.3. The molecule has 23 nitrogen and oxygen atoms in total. The Bertz CT molecular complexity index is 5350. The first-order chi connectivity index (χ1) is 54.6. The maximum Gasteiger partial charge on any atom is 0.534 e. The summed E-state index contributed by atoms with van der Waals surface area (Å²) < 4.78 is 215. The molecule has 0 spiro atoms. The average Bonchev–Trinajstić information content (AvgIpc) is 0.739. The molecule has 4 atom stereocenters. The maximum atomic E-state index is 12.4. The lowest BCUT2D eigenvalue weighted by atomic mass is 10.1. The van der Waals surface area contributed by atoms with Crippen molar-refractivity contribution < 1.29 is 102 Å². The molecule has 8 heterocycles. The molecule has 638 valence electrons. The number of rotatable bonds is 14. The third kappa shape index (κ3) is 25.8. The molecule has 7 aromatic carbocycles. The van der Waals surface area contributed by atoms with E-state index in [1.165, 1.54) is 12.1 Å². The van der Waals surface area contributed by atoms with Crippen LogP contribution in [-0.4, -0.2) is 170 Å². The summed E-state index contributed by atoms with van der Waals surface area (Å²) in [6.07, 6.45) is 7.31. The molecule has 0 amide bonds. The van der Waals surface area contributed by atoms with Gasteiger partial charge in [0, 0.05) is 82.6 Å². The molecule has 0 radical (unpaired) electrons. The van der Waals surface area contributed by atoms with Crippen LogP contribution in [0.1, 0.15) is 61.1 Å². The first kappa shape index (κ1) is 95.2. The van der Waals surface area contributed by atoms with Crippen molar-refractivity contribution in [2.24, 2.45) is 0 Å². The third-order valence-corrected chi connectivity index (χ3v) is 22.8. The molecule has 4 unspecified atom stereocenters. The van der Waals surface area contributed by atoms with Gasteiger partial charge in [0.2, 0.25) is 0 Å². The Balaban J connectivity index is 0.000000199. The van der Waals surface area contributed by atoms with Crippen molar-refractivity contribution >= 4 is 112 Å². The van der Waals surface area contributed by atoms with E-state index < -0.39 is 61.8 Å². The van der Waals surface area contributed by atoms with E-state index in [2.05, 4.69) is 123 Å². The zero-order chi connectivity index (χ0) is 82.7. The minimum atomic E-state index is -6.81. The van der Waals surface area contributed by atoms with Crippen LogP contribution in [-0.2, 0) is 62.3 Å². The molecule has 15 rings (SSSR count). The lowest BCUT2D eigenvalue weighted by Crippen LogP contribution is -2.49. The lowest BCUT2D eigenvalue weighted by molar-refractivity contribution is -0.0501. The smallest absolute Gasteiger partial charge is 0.508 e. The number of alkyl halides is 9. The first-order valence-electron chi connectivity index (χ1n) is 35.7. The summed E-state index contributed by atoms with van der Waals surface area (Å²) in [4.78, 5) is 24.4. The fraction of sp³-hybridized carbons (Fsp3) is 0.341. The number of nitrogens with one attached hydrogen (secondary N) is 1. The van der Waals surface area contributed by atoms with E-state index in [0.717, 1.165) is 160 Å². The quantitative estimate of drug-likeness (QED) is 0.0582. The molecular weight excluding hydrogens is 1680 g/mol. The molecule has 4 aromatic heterocycles. The van der Waals surface area contributed by atoms with Crippen LogP contribution in [0, 0.1) is 0 Å². The molecular formula is C82H93BrF9N9O14S3. The van der Waals surface area contributed by atoms with Gasteiger partial charge >= 0.3 is 46.7 Å². The Morgan fingerprint density at radius 3 is 1.17 bits per heavy atom. The molecule has 11 aromatic rings. The molecule has 4 aliphatic heterocycles. The maximum absolute atomic E-state index is 12.4. The van der Waals surface area contributed by atoms with E-state index in [9.17, 15) is 69.9 Å². The summed E-state index contributed by atoms with van der Waals surface area (Å²) in [5.74, 6) is 1.58. The van der Waals surface area contributed by atoms with Crippen molar-refractivity contribution in [3.05, 3.63) is 228 Å². The minimum Gasteiger partial charge on any atom is -0.508 e. The Morgan fingerprint density at radius 2 is 0.805 bits per heavy atom. The topological polar surface area (TPSA) is 264 Å². The lowest BCUT2D eigenvalue weighted by Gasteiger charge is -2.35. The van der Waals surface area contributed by atoms with Gasteiger partial charge in [-0.2, -0.15) is 64.8 Å². The number of morpholine rings is 4. The van der Waals surface area contributed by atoms with Crippen molar-refractivity contribution in [2.75, 3.05) is 97.4 Å². The van der Waals surface area contributed by atoms with E-state index in [1.807, 2.05) is 98.2 Å². The Hall–Kier alpha value is -9.92. The molecule has 0 aliphatic carbocycles. The van der Waals surface area contributed by atoms with E-state index in [1.54, 1.807) is 30.6 Å². The Kier molecular flexibility index (Phi) is 34.4. The van der Waals surface area contributed by atoms with Gasteiger partial charge in [0.15, 0.2) is 0 Å². The predicted octanol–water partition coefficient (Wildman–Crippen LogP) is 17.6. The third-order valence-electron chi connectivity index (χ3n) is 17.7. The highest BCUT2D eigenvalue weighted by atomic mass is 79.9. The highest BCUT2D eigenvalue weighted by Gasteiger charge is 2.62. The van der Waals surface area contributed by atoms with Gasteiger partial charge in [-0.15, -0.1) is 3.71 Å². The van der Waals surface area contributed by atoms with Crippen molar-refractivity contribution in [3.8, 4) is 23.0 Å². The van der Waals surface area contributed by atoms with Crippen molar-refractivity contribution in [2.45, 2.75) is 104 Å². The summed E-state index contributed by atoms with van der Waals surface area (Å²) in [6.45, 7) is 19.0. The van der Waals surface area contributed by atoms with Gasteiger partial charge in [-0.1, -0.05) is 101 Å². The zero-order valence-corrected chi connectivity index (χ0v) is 66.3. The largest absolute Gasteiger partial charge is 0.534 e. The van der Waals surface area contributed by atoms with Crippen LogP contribution in [0.2, 0.25) is 0 Å². The number of fused-ring (bicyclic) bond motifs is 4. The number of benzene rings is 7. The van der Waals surface area contributed by atoms with Crippen LogP contribution in [0.5, 0.6) is 23.0 Å². The second-order valence-electron chi connectivity index (χ2n) is 26.4. The fourth-order valence-electron chi connectivity index (χ4n) is 11.9. The standard InChI is InChI=1S/C21H22N2O2.C16H12BrNO.C15H15F3N2O4S.C14H16N2O2.C8H5F6NO4S2.C5H11NO.3CH4/c1-16-14-24-10-9-23(16)19-11-18-12-20(7-8-21(18)22-13-19)25-15-17-5-3-2-4-6-17;17-14-8-13-9-15(6-7-16(13)18-10-14)19-11-12-4-2-1-3-5-12;1-10-9-23-5-4-20(10)12-6-11-7-13(2-3-14(11)19-8-12)24-25(21,22)15(16,17)18;1-10-9-18-5-4-16(10)12-6-11-7-13(17)2-3-14(11)15-8-12;9-7(10,11)20(16,17)15(6-4-2-1-3-5-6)21(18,19)8(12,13)14;1-5-4-7-3-2-6-5;;;/h2-8,11-13,16H,9-10,14-15H2,1H3;1-10H,11H2;2-3,6-8,10H,4-5,9H2,1H3;2-3,6-8,10,17H,4-5,9H2,1H3;1-5H;5-6H,2-4H2,1H3;3*1H4. The molecule has 118 heavy (non-hydrogen) atoms. The SMILES string of the molecule is Brc1cnc2ccc(OCc3ccccc3)cc2c1.C.C.C.CC1COCCN1.CC1COCCN1c1cnc2ccc(O)cc2c1.CC1COCCN1c1cnc2ccc(OCc3ccccc3)cc2c1.CC1COCCN1c1cnc2ccc(OS(=O)(=O)C(F)(F)F)cc2c1.O=S(=O)(N(c1ccccc1)S(=O)(=O)C(F)(F)F)C(F)(F)F. The fourth-order valence-corrected chi connectivity index (χ4v) is 15.4. The zero-order valence-electron chi connectivity index (χ0n) is 62.3. The number of phenols is 1. The predicted molar refractivity (Wildman–Crippen MR) is 444 cm³/mol. The van der Waals surface area contributed by atoms with E-state index in [4.69, 9.17) is 28.4 Å². The summed E-state index contributed by atoms with van der Waals surface area (Å²) in [5, 5.41) is 16.4. The van der Waals surface area contributed by atoms with E-state index in [0.29, 0.717) is 74.1 Å². The minimum absolute atomic E-state index is 0. The van der Waals surface area contributed by atoms with Gasteiger partial charge in [-0.3, -0.25) is 19.9 Å². The van der Waals surface area contributed by atoms with Gasteiger partial charge in [-0.25, -0.2) is 0 Å². The molecule has 36 heteroatoms. The van der Waals surface area contributed by atoms with Crippen LogP contribution in [0.4, 0.5) is 62.3 Å². The van der Waals surface area contributed by atoms with Crippen molar-refractivity contribution in [1.82, 2.24) is 25.3 Å². The number of hydrogen-bond donors (Lipinski definition) is 2. The molecule has 0 saturated carbocycles. The number of aromatic nitrogens is 4. The van der Waals surface area contributed by atoms with Crippen LogP contribution in [0.15, 0.2) is 217 Å². The van der Waals surface area contributed by atoms with Crippen molar-refractivity contribution in [1.29, 1.82) is 0 Å². The number of halogens is 10. The van der Waals surface area contributed by atoms with E-state index >= 15 is 0 Å². The van der Waals surface area contributed by atoms with E-state index in [-0.39, 0.29) is 34.1 Å². The molecule has 4 saturated heterocycles. The summed E-state index contributed by atoms with van der Waals surface area (Å²) in [6, 6.07) is 54.6. The van der Waals surface area contributed by atoms with Gasteiger partial charge < -0.3 is 57.7 Å². The molecule has 4 fully saturated rings.